The van der Waals surface area contributed by atoms with Crippen LogP contribution in [0.1, 0.15) is 101 Å². The van der Waals surface area contributed by atoms with Gasteiger partial charge in [0.15, 0.2) is 0 Å². The van der Waals surface area contributed by atoms with Crippen molar-refractivity contribution in [2.75, 3.05) is 32.5 Å². The maximum Gasteiger partial charge on any atom is 0.122 e. The number of nitrogens with zero attached hydrogens (tertiary/aromatic N) is 1. The van der Waals surface area contributed by atoms with Crippen LogP contribution in [-0.4, -0.2) is 42.1 Å². The highest BCUT2D eigenvalue weighted by molar-refractivity contribution is 8.00. The number of thioether (sulfide) groups is 1. The number of piperidine rings is 1. The van der Waals surface area contributed by atoms with E-state index in [1.807, 2.05) is 13.8 Å². The average molecular weight is 485 g/mol. The summed E-state index contributed by atoms with van der Waals surface area (Å²) in [5.74, 6) is 3.09. The van der Waals surface area contributed by atoms with Gasteiger partial charge >= 0.3 is 0 Å². The summed E-state index contributed by atoms with van der Waals surface area (Å²) < 4.78 is 6.20. The fraction of sp³-hybridized carbons (Fsp3) is 0.667. The van der Waals surface area contributed by atoms with Crippen molar-refractivity contribution in [2.45, 2.75) is 96.3 Å². The molecule has 4 rings (SSSR count). The Labute approximate surface area is 213 Å². The second-order valence-corrected chi connectivity index (χ2v) is 11.9. The fourth-order valence-electron chi connectivity index (χ4n) is 5.07. The molecule has 1 N–H and O–H groups in total. The molecule has 0 spiro atoms. The van der Waals surface area contributed by atoms with Gasteiger partial charge in [0, 0.05) is 11.3 Å². The molecule has 1 aromatic carbocycles. The Morgan fingerprint density at radius 3 is 2.53 bits per heavy atom. The molecular weight excluding hydrogens is 436 g/mol. The van der Waals surface area contributed by atoms with Crippen LogP contribution < -0.4 is 10.1 Å². The van der Waals surface area contributed by atoms with Gasteiger partial charge in [-0.15, -0.1) is 0 Å². The van der Waals surface area contributed by atoms with E-state index in [9.17, 15) is 0 Å². The van der Waals surface area contributed by atoms with Gasteiger partial charge in [-0.3, -0.25) is 4.90 Å². The molecule has 2 heterocycles. The van der Waals surface area contributed by atoms with Crippen LogP contribution in [0, 0.1) is 6.92 Å². The summed E-state index contributed by atoms with van der Waals surface area (Å²) in [4.78, 5) is 2.65. The molecule has 1 aliphatic carbocycles. The molecule has 2 fully saturated rings. The van der Waals surface area contributed by atoms with Crippen LogP contribution in [-0.2, 0) is 0 Å². The second-order valence-electron chi connectivity index (χ2n) is 10.2. The van der Waals surface area contributed by atoms with E-state index in [-0.39, 0.29) is 6.04 Å². The lowest BCUT2D eigenvalue weighted by atomic mass is 9.94. The zero-order chi connectivity index (χ0) is 24.6. The Morgan fingerprint density at radius 2 is 1.88 bits per heavy atom. The number of rotatable bonds is 10. The summed E-state index contributed by atoms with van der Waals surface area (Å²) in [6.07, 6.45) is 16.1. The van der Waals surface area contributed by atoms with E-state index in [1.54, 1.807) is 7.11 Å². The first-order chi connectivity index (χ1) is 16.5. The Bertz CT molecular complexity index is 834. The number of ether oxygens (including phenoxy) is 1. The van der Waals surface area contributed by atoms with Crippen molar-refractivity contribution >= 4 is 11.8 Å². The van der Waals surface area contributed by atoms with Crippen molar-refractivity contribution in [3.8, 4) is 5.75 Å². The summed E-state index contributed by atoms with van der Waals surface area (Å²) in [6, 6.07) is 4.88. The Hall–Kier alpha value is -1.39. The van der Waals surface area contributed by atoms with E-state index >= 15 is 0 Å². The lowest BCUT2D eigenvalue weighted by Gasteiger charge is -2.39. The van der Waals surface area contributed by atoms with Crippen LogP contribution in [0.15, 0.2) is 36.1 Å². The molecule has 4 heteroatoms. The smallest absolute Gasteiger partial charge is 0.122 e. The van der Waals surface area contributed by atoms with Crippen LogP contribution >= 0.6 is 11.8 Å². The molecule has 0 aromatic heterocycles. The maximum absolute atomic E-state index is 5.73. The first-order valence-corrected chi connectivity index (χ1v) is 14.7. The highest BCUT2D eigenvalue weighted by atomic mass is 32.2. The fourth-order valence-corrected chi connectivity index (χ4v) is 6.39. The zero-order valence-corrected chi connectivity index (χ0v) is 23.4. The van der Waals surface area contributed by atoms with Gasteiger partial charge in [0.05, 0.1) is 13.2 Å². The van der Waals surface area contributed by atoms with Gasteiger partial charge < -0.3 is 10.1 Å². The van der Waals surface area contributed by atoms with Crippen LogP contribution in [0.5, 0.6) is 5.75 Å². The summed E-state index contributed by atoms with van der Waals surface area (Å²) in [5, 5.41) is 3.57. The number of dihydropyridines is 1. The van der Waals surface area contributed by atoms with Gasteiger partial charge in [-0.2, -0.15) is 11.8 Å². The van der Waals surface area contributed by atoms with Gasteiger partial charge in [-0.25, -0.2) is 0 Å². The monoisotopic (exact) mass is 484 g/mol. The van der Waals surface area contributed by atoms with Crippen molar-refractivity contribution in [1.29, 1.82) is 0 Å². The maximum atomic E-state index is 5.73. The van der Waals surface area contributed by atoms with Gasteiger partial charge in [-0.05, 0) is 104 Å². The minimum atomic E-state index is 0.228. The topological polar surface area (TPSA) is 24.5 Å². The molecule has 34 heavy (non-hydrogen) atoms. The van der Waals surface area contributed by atoms with Crippen molar-refractivity contribution in [3.63, 3.8) is 0 Å². The number of methoxy groups -OCH3 is 1. The third-order valence-corrected chi connectivity index (χ3v) is 9.09. The quantitative estimate of drug-likeness (QED) is 0.343. The first kappa shape index (κ1) is 27.2. The third kappa shape index (κ3) is 7.31. The lowest BCUT2D eigenvalue weighted by Crippen LogP contribution is -2.41. The van der Waals surface area contributed by atoms with Crippen molar-refractivity contribution in [1.82, 2.24) is 10.2 Å². The molecule has 3 nitrogen and oxygen atoms in total. The predicted octanol–water partition coefficient (Wildman–Crippen LogP) is 7.77. The molecule has 190 valence electrons. The minimum Gasteiger partial charge on any atom is -0.496 e. The lowest BCUT2D eigenvalue weighted by molar-refractivity contribution is 0.222. The SMILES string of the molecule is CC.CCCCCSC1(C)CCN(CC2=CC(c3cc(OC)c(C)c(C4CC4)c3)NC=C2)CC1. The number of hydrogen-bond acceptors (Lipinski definition) is 4. The second kappa shape index (κ2) is 13.1. The van der Waals surface area contributed by atoms with Gasteiger partial charge in [-0.1, -0.05) is 52.7 Å². The van der Waals surface area contributed by atoms with E-state index in [2.05, 4.69) is 73.2 Å². The normalized spacial score (nSPS) is 21.8. The molecule has 1 unspecified atom stereocenters. The molecule has 0 bridgehead atoms. The van der Waals surface area contributed by atoms with Gasteiger partial charge in [0.1, 0.15) is 5.75 Å². The number of unbranched alkanes of at least 4 members (excludes halogenated alkanes) is 2. The molecule has 3 aliphatic rings. The zero-order valence-electron chi connectivity index (χ0n) is 22.6. The van der Waals surface area contributed by atoms with E-state index in [0.29, 0.717) is 4.75 Å². The first-order valence-electron chi connectivity index (χ1n) is 13.7. The van der Waals surface area contributed by atoms with Crippen LogP contribution in [0.4, 0.5) is 0 Å². The molecule has 1 aromatic rings. The van der Waals surface area contributed by atoms with Crippen molar-refractivity contribution in [2.24, 2.45) is 0 Å². The molecular formula is C30H48N2OS. The summed E-state index contributed by atoms with van der Waals surface area (Å²) >= 11 is 2.22. The number of likely N-dealkylation sites (tertiary alicyclic amines) is 1. The van der Waals surface area contributed by atoms with Crippen LogP contribution in [0.3, 0.4) is 0 Å². The molecule has 2 aliphatic heterocycles. The van der Waals surface area contributed by atoms with Gasteiger partial charge in [0.2, 0.25) is 0 Å². The Kier molecular flexibility index (Phi) is 10.5. The highest BCUT2D eigenvalue weighted by Crippen LogP contribution is 2.45. The van der Waals surface area contributed by atoms with E-state index in [1.165, 1.54) is 86.1 Å². The average Bonchev–Trinajstić information content (AvgIpc) is 3.71. The summed E-state index contributed by atoms with van der Waals surface area (Å²) in [5.41, 5.74) is 5.56. The molecule has 0 amide bonds. The third-order valence-electron chi connectivity index (χ3n) is 7.49. The van der Waals surface area contributed by atoms with Crippen molar-refractivity contribution in [3.05, 3.63) is 52.7 Å². The van der Waals surface area contributed by atoms with Crippen LogP contribution in [0.2, 0.25) is 0 Å². The number of hydrogen-bond donors (Lipinski definition) is 1. The molecule has 1 saturated carbocycles. The summed E-state index contributed by atoms with van der Waals surface area (Å²) in [7, 11) is 1.80. The molecule has 1 atom stereocenters. The van der Waals surface area contributed by atoms with E-state index in [4.69, 9.17) is 4.74 Å². The van der Waals surface area contributed by atoms with E-state index in [0.717, 1.165) is 18.2 Å². The Balaban J connectivity index is 0.00000158. The van der Waals surface area contributed by atoms with E-state index < -0.39 is 0 Å². The number of nitrogens with one attached hydrogen (secondary N) is 1. The number of benzene rings is 1. The highest BCUT2D eigenvalue weighted by Gasteiger charge is 2.31. The summed E-state index contributed by atoms with van der Waals surface area (Å²) in [6.45, 7) is 14.5. The molecule has 1 saturated heterocycles. The minimum absolute atomic E-state index is 0.228. The predicted molar refractivity (Wildman–Crippen MR) is 150 cm³/mol. The molecule has 0 radical (unpaired) electrons. The van der Waals surface area contributed by atoms with Gasteiger partial charge in [0.25, 0.3) is 0 Å². The largest absolute Gasteiger partial charge is 0.496 e. The van der Waals surface area contributed by atoms with Crippen molar-refractivity contribution < 1.29 is 4.74 Å². The standard InChI is InChI=1S/C28H42N2OS.C2H6/c1-5-6-7-16-32-28(3)11-14-30(15-12-28)20-22-10-13-29-26(17-22)24-18-25(23-8-9-23)21(2)27(19-24)31-4;1-2/h10,13,17-19,23,26,29H,5-9,11-12,14-16,20H2,1-4H3;1-2H3. The van der Waals surface area contributed by atoms with Crippen LogP contribution in [0.25, 0.3) is 0 Å². The Morgan fingerprint density at radius 1 is 1.15 bits per heavy atom.